The first-order valence-electron chi connectivity index (χ1n) is 11.0. The number of guanidine groups is 1. The first-order chi connectivity index (χ1) is 13.5. The molecule has 0 unspecified atom stereocenters. The van der Waals surface area contributed by atoms with Gasteiger partial charge in [0.1, 0.15) is 9.84 Å². The fourth-order valence-corrected chi connectivity index (χ4v) is 4.48. The molecule has 2 aliphatic rings. The number of hydrogen-bond acceptors (Lipinski definition) is 5. The van der Waals surface area contributed by atoms with Crippen LogP contribution in [0.3, 0.4) is 0 Å². The van der Waals surface area contributed by atoms with Crippen molar-refractivity contribution in [3.8, 4) is 0 Å². The summed E-state index contributed by atoms with van der Waals surface area (Å²) in [5.41, 5.74) is 0. The molecule has 2 N–H and O–H groups in total. The van der Waals surface area contributed by atoms with Gasteiger partial charge in [-0.1, -0.05) is 25.7 Å². The Balaban J connectivity index is 1.68. The molecule has 0 bridgehead atoms. The highest BCUT2D eigenvalue weighted by molar-refractivity contribution is 7.90. The van der Waals surface area contributed by atoms with Gasteiger partial charge in [-0.2, -0.15) is 0 Å². The number of rotatable bonds is 9. The molecule has 1 saturated heterocycles. The molecule has 28 heavy (non-hydrogen) atoms. The van der Waals surface area contributed by atoms with Gasteiger partial charge in [0.15, 0.2) is 5.96 Å². The van der Waals surface area contributed by atoms with Crippen molar-refractivity contribution < 1.29 is 13.2 Å². The number of ether oxygens (including phenoxy) is 1. The number of nitrogens with zero attached hydrogens (tertiary/aromatic N) is 2. The molecule has 0 amide bonds. The largest absolute Gasteiger partial charge is 0.376 e. The first kappa shape index (κ1) is 23.4. The van der Waals surface area contributed by atoms with E-state index in [1.54, 1.807) is 0 Å². The van der Waals surface area contributed by atoms with E-state index in [1.165, 1.54) is 44.8 Å². The maximum atomic E-state index is 11.3. The van der Waals surface area contributed by atoms with Crippen LogP contribution in [0.4, 0.5) is 0 Å². The average Bonchev–Trinajstić information content (AvgIpc) is 2.93. The second-order valence-corrected chi connectivity index (χ2v) is 10.4. The molecular formula is C20H40N4O3S. The lowest BCUT2D eigenvalue weighted by atomic mass is 10.1. The van der Waals surface area contributed by atoms with Crippen molar-refractivity contribution in [1.82, 2.24) is 15.5 Å². The third kappa shape index (κ3) is 10.1. The van der Waals surface area contributed by atoms with Gasteiger partial charge in [-0.15, -0.1) is 0 Å². The van der Waals surface area contributed by atoms with Crippen molar-refractivity contribution in [2.24, 2.45) is 4.99 Å². The quantitative estimate of drug-likeness (QED) is 0.258. The van der Waals surface area contributed by atoms with Crippen LogP contribution in [-0.4, -0.2) is 82.8 Å². The summed E-state index contributed by atoms with van der Waals surface area (Å²) in [7, 11) is -2.88. The zero-order chi connectivity index (χ0) is 20.2. The normalized spacial score (nSPS) is 21.4. The van der Waals surface area contributed by atoms with Crippen LogP contribution < -0.4 is 10.6 Å². The summed E-state index contributed by atoms with van der Waals surface area (Å²) in [5.74, 6) is 1.11. The maximum Gasteiger partial charge on any atom is 0.191 e. The second-order valence-electron chi connectivity index (χ2n) is 8.14. The number of piperidine rings is 1. The fourth-order valence-electron chi connectivity index (χ4n) is 3.89. The fraction of sp³-hybridized carbons (Fsp3) is 0.950. The number of sulfone groups is 1. The van der Waals surface area contributed by atoms with Crippen LogP contribution in [0.1, 0.15) is 58.3 Å². The van der Waals surface area contributed by atoms with Crippen LogP contribution >= 0.6 is 0 Å². The van der Waals surface area contributed by atoms with Gasteiger partial charge in [0.25, 0.3) is 0 Å². The summed E-state index contributed by atoms with van der Waals surface area (Å²) in [4.78, 5) is 6.92. The second kappa shape index (κ2) is 12.6. The highest BCUT2D eigenvalue weighted by Gasteiger charge is 2.20. The number of likely N-dealkylation sites (tertiary alicyclic amines) is 1. The molecule has 0 spiro atoms. The van der Waals surface area contributed by atoms with Crippen molar-refractivity contribution in [1.29, 1.82) is 0 Å². The van der Waals surface area contributed by atoms with Gasteiger partial charge in [0.2, 0.25) is 0 Å². The molecule has 2 rings (SSSR count). The molecule has 0 aromatic carbocycles. The Labute approximate surface area is 171 Å². The van der Waals surface area contributed by atoms with E-state index in [0.29, 0.717) is 31.8 Å². The Kier molecular flexibility index (Phi) is 10.6. The molecule has 0 aromatic rings. The van der Waals surface area contributed by atoms with E-state index in [-0.39, 0.29) is 5.75 Å². The van der Waals surface area contributed by atoms with Crippen LogP contribution in [0.2, 0.25) is 0 Å². The molecule has 7 nitrogen and oxygen atoms in total. The highest BCUT2D eigenvalue weighted by Crippen LogP contribution is 2.19. The molecule has 0 aromatic heterocycles. The van der Waals surface area contributed by atoms with E-state index in [0.717, 1.165) is 38.4 Å². The lowest BCUT2D eigenvalue weighted by Gasteiger charge is -2.32. The Morgan fingerprint density at radius 1 is 1.11 bits per heavy atom. The van der Waals surface area contributed by atoms with E-state index in [2.05, 4.69) is 27.4 Å². The van der Waals surface area contributed by atoms with Crippen LogP contribution in [0.5, 0.6) is 0 Å². The van der Waals surface area contributed by atoms with Gasteiger partial charge in [-0.3, -0.25) is 4.99 Å². The van der Waals surface area contributed by atoms with Crippen molar-refractivity contribution >= 4 is 15.8 Å². The van der Waals surface area contributed by atoms with E-state index in [9.17, 15) is 8.42 Å². The van der Waals surface area contributed by atoms with E-state index < -0.39 is 9.84 Å². The predicted octanol–water partition coefficient (Wildman–Crippen LogP) is 1.79. The Morgan fingerprint density at radius 3 is 2.39 bits per heavy atom. The van der Waals surface area contributed by atoms with Crippen LogP contribution in [0.25, 0.3) is 0 Å². The molecule has 0 radical (unpaired) electrons. The van der Waals surface area contributed by atoms with E-state index in [1.807, 2.05) is 0 Å². The smallest absolute Gasteiger partial charge is 0.191 e. The molecule has 1 aliphatic carbocycles. The zero-order valence-corrected chi connectivity index (χ0v) is 18.6. The number of hydrogen-bond donors (Lipinski definition) is 2. The Bertz CT molecular complexity index is 552. The topological polar surface area (TPSA) is 83.0 Å². The van der Waals surface area contributed by atoms with Crippen molar-refractivity contribution in [3.05, 3.63) is 0 Å². The van der Waals surface area contributed by atoms with Gasteiger partial charge in [-0.25, -0.2) is 8.42 Å². The third-order valence-corrected chi connectivity index (χ3v) is 6.49. The minimum atomic E-state index is -2.88. The standard InChI is InChI=1S/C20H40N4O3S/c1-3-21-20(22-12-16-27-19-8-6-4-5-7-9-19)23-18-10-13-24(14-11-18)15-17-28(2,25)26/h18-19H,3-17H2,1-2H3,(H2,21,22,23). The summed E-state index contributed by atoms with van der Waals surface area (Å²) in [6.07, 6.45) is 11.4. The SMILES string of the molecule is CCNC(=NCCOC1CCCCCC1)NC1CCN(CCS(C)(=O)=O)CC1. The molecule has 8 heteroatoms. The molecule has 1 aliphatic heterocycles. The van der Waals surface area contributed by atoms with Crippen LogP contribution in [0.15, 0.2) is 4.99 Å². The highest BCUT2D eigenvalue weighted by atomic mass is 32.2. The summed E-state index contributed by atoms with van der Waals surface area (Å²) < 4.78 is 28.7. The number of nitrogens with one attached hydrogen (secondary N) is 2. The molecule has 1 saturated carbocycles. The number of aliphatic imine (C=N–C) groups is 1. The molecule has 164 valence electrons. The van der Waals surface area contributed by atoms with Gasteiger partial charge < -0.3 is 20.3 Å². The summed E-state index contributed by atoms with van der Waals surface area (Å²) in [5, 5.41) is 6.86. The van der Waals surface area contributed by atoms with Crippen LogP contribution in [0, 0.1) is 0 Å². The summed E-state index contributed by atoms with van der Waals surface area (Å²) in [6, 6.07) is 0.384. The van der Waals surface area contributed by atoms with Crippen molar-refractivity contribution in [3.63, 3.8) is 0 Å². The average molecular weight is 417 g/mol. The molecular weight excluding hydrogens is 376 g/mol. The van der Waals surface area contributed by atoms with Gasteiger partial charge in [-0.05, 0) is 32.6 Å². The van der Waals surface area contributed by atoms with Gasteiger partial charge in [0, 0.05) is 38.5 Å². The molecule has 1 heterocycles. The maximum absolute atomic E-state index is 11.3. The first-order valence-corrected chi connectivity index (χ1v) is 13.1. The minimum absolute atomic E-state index is 0.246. The van der Waals surface area contributed by atoms with Crippen molar-refractivity contribution in [2.75, 3.05) is 51.3 Å². The Morgan fingerprint density at radius 2 is 1.79 bits per heavy atom. The molecule has 0 atom stereocenters. The van der Waals surface area contributed by atoms with Crippen molar-refractivity contribution in [2.45, 2.75) is 70.4 Å². The summed E-state index contributed by atoms with van der Waals surface area (Å²) >= 11 is 0. The van der Waals surface area contributed by atoms with Gasteiger partial charge >= 0.3 is 0 Å². The van der Waals surface area contributed by atoms with E-state index in [4.69, 9.17) is 4.74 Å². The predicted molar refractivity (Wildman–Crippen MR) is 116 cm³/mol. The Hall–Kier alpha value is -0.860. The van der Waals surface area contributed by atoms with Gasteiger partial charge in [0.05, 0.1) is 25.0 Å². The van der Waals surface area contributed by atoms with E-state index >= 15 is 0 Å². The lowest BCUT2D eigenvalue weighted by Crippen LogP contribution is -2.49. The summed E-state index contributed by atoms with van der Waals surface area (Å²) in [6.45, 7) is 6.77. The monoisotopic (exact) mass is 416 g/mol. The van der Waals surface area contributed by atoms with Crippen LogP contribution in [-0.2, 0) is 14.6 Å². The minimum Gasteiger partial charge on any atom is -0.376 e. The molecule has 2 fully saturated rings. The zero-order valence-electron chi connectivity index (χ0n) is 17.8. The third-order valence-electron chi connectivity index (χ3n) is 5.57. The lowest BCUT2D eigenvalue weighted by molar-refractivity contribution is 0.0487.